The van der Waals surface area contributed by atoms with Crippen LogP contribution in [0.5, 0.6) is 0 Å². The molecule has 1 aromatic carbocycles. The zero-order valence-electron chi connectivity index (χ0n) is 11.8. The Morgan fingerprint density at radius 3 is 2.62 bits per heavy atom. The summed E-state index contributed by atoms with van der Waals surface area (Å²) in [5, 5.41) is 10.7. The molecular weight excluding hydrogens is 328 g/mol. The number of fused-ring (bicyclic) bond motifs is 5. The van der Waals surface area contributed by atoms with E-state index in [1.165, 1.54) is 0 Å². The number of rotatable bonds is 2. The molecule has 4 atom stereocenters. The number of carbonyl (C=O) groups is 1. The lowest BCUT2D eigenvalue weighted by molar-refractivity contribution is -0.118. The number of halogens is 1. The van der Waals surface area contributed by atoms with Crippen molar-refractivity contribution in [3.63, 3.8) is 0 Å². The minimum Gasteiger partial charge on any atom is -0.511 e. The SMILES string of the molecule is CCc1ccc(Br)cc1C1=C(O)[C@H]2C3C=CC(C3)[C@H]2C1=O. The summed E-state index contributed by atoms with van der Waals surface area (Å²) in [6.07, 6.45) is 6.23. The lowest BCUT2D eigenvalue weighted by atomic mass is 9.84. The van der Waals surface area contributed by atoms with E-state index in [1.54, 1.807) is 0 Å². The predicted molar refractivity (Wildman–Crippen MR) is 85.8 cm³/mol. The van der Waals surface area contributed by atoms with Crippen LogP contribution in [0.1, 0.15) is 24.5 Å². The molecular formula is C18H17BrO2. The summed E-state index contributed by atoms with van der Waals surface area (Å²) in [5.74, 6) is 1.13. The van der Waals surface area contributed by atoms with Gasteiger partial charge in [0.15, 0.2) is 5.78 Å². The largest absolute Gasteiger partial charge is 0.511 e. The maximum atomic E-state index is 12.9. The Labute approximate surface area is 132 Å². The summed E-state index contributed by atoms with van der Waals surface area (Å²) in [6, 6.07) is 6.00. The monoisotopic (exact) mass is 344 g/mol. The molecule has 3 heteroatoms. The molecule has 1 saturated carbocycles. The summed E-state index contributed by atoms with van der Waals surface area (Å²) in [5.41, 5.74) is 2.60. The number of Topliss-reactive ketones (excluding diaryl/α,β-unsaturated/α-hetero) is 1. The molecule has 0 aliphatic heterocycles. The number of aliphatic hydroxyl groups excluding tert-OH is 1. The Bertz CT molecular complexity index is 701. The molecule has 1 fully saturated rings. The molecule has 1 N–H and O–H groups in total. The fourth-order valence-electron chi connectivity index (χ4n) is 4.37. The average molecular weight is 345 g/mol. The molecule has 108 valence electrons. The van der Waals surface area contributed by atoms with E-state index in [2.05, 4.69) is 35.0 Å². The molecule has 21 heavy (non-hydrogen) atoms. The van der Waals surface area contributed by atoms with E-state index in [0.717, 1.165) is 28.4 Å². The van der Waals surface area contributed by atoms with Crippen LogP contribution in [-0.2, 0) is 11.2 Å². The third-order valence-corrected chi connectivity index (χ3v) is 5.80. The minimum atomic E-state index is -0.0290. The second kappa shape index (κ2) is 4.57. The molecule has 0 aromatic heterocycles. The van der Waals surface area contributed by atoms with Crippen molar-refractivity contribution >= 4 is 27.3 Å². The maximum absolute atomic E-state index is 12.9. The first-order chi connectivity index (χ1) is 10.1. The van der Waals surface area contributed by atoms with Gasteiger partial charge in [-0.1, -0.05) is 41.1 Å². The van der Waals surface area contributed by atoms with E-state index in [4.69, 9.17) is 0 Å². The van der Waals surface area contributed by atoms with Gasteiger partial charge in [-0.3, -0.25) is 4.79 Å². The van der Waals surface area contributed by atoms with Gasteiger partial charge in [-0.2, -0.15) is 0 Å². The molecule has 0 spiro atoms. The molecule has 0 amide bonds. The molecule has 2 unspecified atom stereocenters. The molecule has 4 rings (SSSR count). The summed E-state index contributed by atoms with van der Waals surface area (Å²) in [4.78, 5) is 12.9. The van der Waals surface area contributed by atoms with Gasteiger partial charge >= 0.3 is 0 Å². The van der Waals surface area contributed by atoms with Gasteiger partial charge in [0.2, 0.25) is 0 Å². The molecule has 3 aliphatic rings. The predicted octanol–water partition coefficient (Wildman–Crippen LogP) is 4.30. The quantitative estimate of drug-likeness (QED) is 0.812. The van der Waals surface area contributed by atoms with Gasteiger partial charge in [0, 0.05) is 16.3 Å². The van der Waals surface area contributed by atoms with Crippen LogP contribution in [0.3, 0.4) is 0 Å². The maximum Gasteiger partial charge on any atom is 0.171 e. The van der Waals surface area contributed by atoms with Crippen molar-refractivity contribution in [1.29, 1.82) is 0 Å². The van der Waals surface area contributed by atoms with Gasteiger partial charge in [-0.05, 0) is 47.9 Å². The molecule has 0 radical (unpaired) electrons. The Kier molecular flexibility index (Phi) is 2.90. The number of ketones is 1. The normalized spacial score (nSPS) is 33.1. The van der Waals surface area contributed by atoms with Crippen molar-refractivity contribution in [1.82, 2.24) is 0 Å². The third kappa shape index (κ3) is 1.73. The van der Waals surface area contributed by atoms with Crippen LogP contribution in [0.25, 0.3) is 5.57 Å². The number of allylic oxidation sites excluding steroid dienone is 4. The number of aliphatic hydroxyl groups is 1. The van der Waals surface area contributed by atoms with Gasteiger partial charge in [0.05, 0.1) is 5.57 Å². The van der Waals surface area contributed by atoms with Crippen molar-refractivity contribution in [3.8, 4) is 0 Å². The molecule has 2 nitrogen and oxygen atoms in total. The fraction of sp³-hybridized carbons (Fsp3) is 0.389. The van der Waals surface area contributed by atoms with Crippen LogP contribution in [0.2, 0.25) is 0 Å². The molecule has 1 aromatic rings. The zero-order chi connectivity index (χ0) is 14.7. The molecule has 3 aliphatic carbocycles. The number of hydrogen-bond acceptors (Lipinski definition) is 2. The molecule has 2 bridgehead atoms. The number of carbonyl (C=O) groups excluding carboxylic acids is 1. The summed E-state index contributed by atoms with van der Waals surface area (Å²) < 4.78 is 0.945. The first kappa shape index (κ1) is 13.3. The van der Waals surface area contributed by atoms with Gasteiger partial charge in [-0.25, -0.2) is 0 Å². The highest BCUT2D eigenvalue weighted by Gasteiger charge is 2.55. The van der Waals surface area contributed by atoms with Crippen LogP contribution in [-0.4, -0.2) is 10.9 Å². The van der Waals surface area contributed by atoms with Crippen LogP contribution >= 0.6 is 15.9 Å². The summed E-state index contributed by atoms with van der Waals surface area (Å²) in [7, 11) is 0. The summed E-state index contributed by atoms with van der Waals surface area (Å²) in [6.45, 7) is 2.08. The smallest absolute Gasteiger partial charge is 0.171 e. The van der Waals surface area contributed by atoms with E-state index >= 15 is 0 Å². The summed E-state index contributed by atoms with van der Waals surface area (Å²) >= 11 is 3.48. The number of hydrogen-bond donors (Lipinski definition) is 1. The van der Waals surface area contributed by atoms with Gasteiger partial charge in [0.25, 0.3) is 0 Å². The Balaban J connectivity index is 1.86. The van der Waals surface area contributed by atoms with Crippen LogP contribution < -0.4 is 0 Å². The van der Waals surface area contributed by atoms with Crippen LogP contribution in [0.15, 0.2) is 40.6 Å². The van der Waals surface area contributed by atoms with E-state index in [1.807, 2.05) is 18.2 Å². The van der Waals surface area contributed by atoms with E-state index in [9.17, 15) is 9.90 Å². The second-order valence-corrected chi connectivity index (χ2v) is 7.20. The Morgan fingerprint density at radius 1 is 1.24 bits per heavy atom. The average Bonchev–Trinajstić information content (AvgIpc) is 3.13. The number of aryl methyl sites for hydroxylation is 1. The minimum absolute atomic E-state index is 0.0196. The first-order valence-electron chi connectivity index (χ1n) is 7.56. The van der Waals surface area contributed by atoms with Crippen molar-refractivity contribution < 1.29 is 9.90 Å². The lowest BCUT2D eigenvalue weighted by Crippen LogP contribution is -2.22. The molecule has 0 heterocycles. The Morgan fingerprint density at radius 2 is 1.95 bits per heavy atom. The van der Waals surface area contributed by atoms with Crippen LogP contribution in [0, 0.1) is 23.7 Å². The lowest BCUT2D eigenvalue weighted by Gasteiger charge is -2.19. The van der Waals surface area contributed by atoms with E-state index in [-0.39, 0.29) is 17.6 Å². The second-order valence-electron chi connectivity index (χ2n) is 6.28. The van der Waals surface area contributed by atoms with Crippen molar-refractivity contribution in [2.75, 3.05) is 0 Å². The topological polar surface area (TPSA) is 37.3 Å². The zero-order valence-corrected chi connectivity index (χ0v) is 13.4. The molecule has 0 saturated heterocycles. The standard InChI is InChI=1S/C18H17BrO2/c1-2-9-5-6-12(19)8-13(9)16-17(20)14-10-3-4-11(7-10)15(14)18(16)21/h3-6,8,10-11,14-15,20H,2,7H2,1H3/t10?,11?,14-,15+/m0/s1. The Hall–Kier alpha value is -1.35. The highest BCUT2D eigenvalue weighted by Crippen LogP contribution is 2.57. The first-order valence-corrected chi connectivity index (χ1v) is 8.35. The van der Waals surface area contributed by atoms with Crippen molar-refractivity contribution in [2.24, 2.45) is 23.7 Å². The fourth-order valence-corrected chi connectivity index (χ4v) is 4.73. The van der Waals surface area contributed by atoms with E-state index in [0.29, 0.717) is 23.2 Å². The van der Waals surface area contributed by atoms with Gasteiger partial charge < -0.3 is 5.11 Å². The van der Waals surface area contributed by atoms with Crippen molar-refractivity contribution in [2.45, 2.75) is 19.8 Å². The van der Waals surface area contributed by atoms with E-state index < -0.39 is 0 Å². The highest BCUT2D eigenvalue weighted by atomic mass is 79.9. The van der Waals surface area contributed by atoms with Gasteiger partial charge in [-0.15, -0.1) is 0 Å². The van der Waals surface area contributed by atoms with Crippen LogP contribution in [0.4, 0.5) is 0 Å². The number of benzene rings is 1. The third-order valence-electron chi connectivity index (χ3n) is 5.30. The van der Waals surface area contributed by atoms with Crippen molar-refractivity contribution in [3.05, 3.63) is 51.7 Å². The highest BCUT2D eigenvalue weighted by molar-refractivity contribution is 9.10. The van der Waals surface area contributed by atoms with Gasteiger partial charge in [0.1, 0.15) is 5.76 Å².